The molecule has 78 valence electrons. The Balaban J connectivity index is 2.90. The predicted molar refractivity (Wildman–Crippen MR) is 49.6 cm³/mol. The molecule has 14 heavy (non-hydrogen) atoms. The van der Waals surface area contributed by atoms with Gasteiger partial charge in [-0.3, -0.25) is 9.69 Å². The van der Waals surface area contributed by atoms with Gasteiger partial charge in [0.2, 0.25) is 0 Å². The van der Waals surface area contributed by atoms with Crippen LogP contribution in [0.25, 0.3) is 0 Å². The lowest BCUT2D eigenvalue weighted by Gasteiger charge is -2.23. The molecule has 1 rings (SSSR count). The fraction of sp³-hybridized carbons (Fsp3) is 0.667. The first-order valence-electron chi connectivity index (χ1n) is 4.58. The van der Waals surface area contributed by atoms with Gasteiger partial charge < -0.3 is 9.69 Å². The third-order valence-electron chi connectivity index (χ3n) is 2.31. The quantitative estimate of drug-likeness (QED) is 0.482. The standard InChI is InChI=1S/C9H14N2O3/c1-6(2)11-7(3)8(13)10(4-5-12)9(11)14/h5-7H,4H2,1-3H3. The molecule has 0 spiro atoms. The molecule has 0 aromatic carbocycles. The van der Waals surface area contributed by atoms with Crippen LogP contribution in [0.1, 0.15) is 20.8 Å². The Morgan fingerprint density at radius 2 is 2.00 bits per heavy atom. The molecule has 1 aliphatic heterocycles. The van der Waals surface area contributed by atoms with Crippen LogP contribution in [0.2, 0.25) is 0 Å². The SMILES string of the molecule is CC(C)N1C(=O)N(CC=O)C(=O)C1C. The third kappa shape index (κ3) is 1.49. The van der Waals surface area contributed by atoms with E-state index in [0.717, 1.165) is 4.90 Å². The molecule has 0 aliphatic carbocycles. The zero-order valence-electron chi connectivity index (χ0n) is 8.56. The Bertz CT molecular complexity index is 275. The van der Waals surface area contributed by atoms with Crippen LogP contribution in [0.15, 0.2) is 0 Å². The highest BCUT2D eigenvalue weighted by atomic mass is 16.2. The molecule has 1 aliphatic rings. The lowest BCUT2D eigenvalue weighted by Crippen LogP contribution is -2.39. The van der Waals surface area contributed by atoms with Gasteiger partial charge in [-0.15, -0.1) is 0 Å². The molecule has 0 aromatic rings. The first-order chi connectivity index (χ1) is 6.50. The molecule has 0 saturated carbocycles. The minimum absolute atomic E-state index is 0.0295. The summed E-state index contributed by atoms with van der Waals surface area (Å²) < 4.78 is 0. The van der Waals surface area contributed by atoms with Gasteiger partial charge >= 0.3 is 6.03 Å². The second kappa shape index (κ2) is 3.77. The predicted octanol–water partition coefficient (Wildman–Crippen LogP) is 0.246. The second-order valence-corrected chi connectivity index (χ2v) is 3.58. The fourth-order valence-corrected chi connectivity index (χ4v) is 1.65. The summed E-state index contributed by atoms with van der Waals surface area (Å²) in [5.74, 6) is -0.296. The van der Waals surface area contributed by atoms with Crippen LogP contribution < -0.4 is 0 Å². The molecule has 0 bridgehead atoms. The van der Waals surface area contributed by atoms with Gasteiger partial charge in [0.15, 0.2) is 0 Å². The van der Waals surface area contributed by atoms with E-state index in [4.69, 9.17) is 0 Å². The number of hydrogen-bond acceptors (Lipinski definition) is 3. The van der Waals surface area contributed by atoms with E-state index in [2.05, 4.69) is 0 Å². The van der Waals surface area contributed by atoms with E-state index in [1.807, 2.05) is 13.8 Å². The van der Waals surface area contributed by atoms with Gasteiger partial charge in [-0.2, -0.15) is 0 Å². The minimum atomic E-state index is -0.456. The summed E-state index contributed by atoms with van der Waals surface area (Å²) in [4.78, 5) is 35.9. The number of aldehydes is 1. The lowest BCUT2D eigenvalue weighted by atomic mass is 10.2. The zero-order chi connectivity index (χ0) is 10.9. The van der Waals surface area contributed by atoms with E-state index >= 15 is 0 Å². The molecule has 1 unspecified atom stereocenters. The number of hydrogen-bond donors (Lipinski definition) is 0. The van der Waals surface area contributed by atoms with Crippen molar-refractivity contribution in [3.8, 4) is 0 Å². The van der Waals surface area contributed by atoms with Gasteiger partial charge in [-0.05, 0) is 20.8 Å². The van der Waals surface area contributed by atoms with Crippen LogP contribution in [0.5, 0.6) is 0 Å². The molecule has 5 nitrogen and oxygen atoms in total. The van der Waals surface area contributed by atoms with Gasteiger partial charge in [-0.25, -0.2) is 4.79 Å². The third-order valence-corrected chi connectivity index (χ3v) is 2.31. The van der Waals surface area contributed by atoms with Crippen LogP contribution in [-0.2, 0) is 9.59 Å². The smallest absolute Gasteiger partial charge is 0.310 e. The summed E-state index contributed by atoms with van der Waals surface area (Å²) in [5.41, 5.74) is 0. The molecule has 1 fully saturated rings. The zero-order valence-corrected chi connectivity index (χ0v) is 8.56. The fourth-order valence-electron chi connectivity index (χ4n) is 1.65. The maximum Gasteiger partial charge on any atom is 0.328 e. The lowest BCUT2D eigenvalue weighted by molar-refractivity contribution is -0.129. The highest BCUT2D eigenvalue weighted by Gasteiger charge is 2.43. The first kappa shape index (κ1) is 10.7. The van der Waals surface area contributed by atoms with E-state index in [1.165, 1.54) is 4.90 Å². The Morgan fingerprint density at radius 3 is 2.36 bits per heavy atom. The van der Waals surface area contributed by atoms with Crippen LogP contribution in [0.4, 0.5) is 4.79 Å². The van der Waals surface area contributed by atoms with Crippen molar-refractivity contribution in [3.63, 3.8) is 0 Å². The van der Waals surface area contributed by atoms with Crippen LogP contribution in [-0.4, -0.2) is 46.7 Å². The van der Waals surface area contributed by atoms with E-state index < -0.39 is 6.04 Å². The molecule has 0 N–H and O–H groups in total. The molecule has 5 heteroatoms. The molecule has 3 amide bonds. The van der Waals surface area contributed by atoms with Gasteiger partial charge in [0.1, 0.15) is 12.3 Å². The number of nitrogens with zero attached hydrogens (tertiary/aromatic N) is 2. The minimum Gasteiger partial charge on any atom is -0.310 e. The topological polar surface area (TPSA) is 57.7 Å². The summed E-state index contributed by atoms with van der Waals surface area (Å²) in [7, 11) is 0. The Morgan fingerprint density at radius 1 is 1.43 bits per heavy atom. The highest BCUT2D eigenvalue weighted by Crippen LogP contribution is 2.19. The number of carbonyl (C=O) groups is 3. The summed E-state index contributed by atoms with van der Waals surface area (Å²) >= 11 is 0. The average Bonchev–Trinajstić information content (AvgIpc) is 2.30. The maximum absolute atomic E-state index is 11.6. The number of amides is 3. The van der Waals surface area contributed by atoms with Gasteiger partial charge in [-0.1, -0.05) is 0 Å². The number of imide groups is 1. The van der Waals surface area contributed by atoms with Crippen molar-refractivity contribution in [2.24, 2.45) is 0 Å². The molecule has 1 atom stereocenters. The molecule has 0 aromatic heterocycles. The van der Waals surface area contributed by atoms with Crippen molar-refractivity contribution < 1.29 is 14.4 Å². The van der Waals surface area contributed by atoms with Crippen LogP contribution >= 0.6 is 0 Å². The monoisotopic (exact) mass is 198 g/mol. The molecular formula is C9H14N2O3. The van der Waals surface area contributed by atoms with Crippen molar-refractivity contribution in [1.29, 1.82) is 0 Å². The Hall–Kier alpha value is -1.39. The molecular weight excluding hydrogens is 184 g/mol. The van der Waals surface area contributed by atoms with Crippen LogP contribution in [0.3, 0.4) is 0 Å². The van der Waals surface area contributed by atoms with Gasteiger partial charge in [0.25, 0.3) is 5.91 Å². The Kier molecular flexibility index (Phi) is 2.88. The van der Waals surface area contributed by atoms with E-state index in [1.54, 1.807) is 6.92 Å². The maximum atomic E-state index is 11.6. The number of carbonyl (C=O) groups excluding carboxylic acids is 3. The number of urea groups is 1. The number of rotatable bonds is 3. The van der Waals surface area contributed by atoms with Crippen molar-refractivity contribution in [1.82, 2.24) is 9.80 Å². The van der Waals surface area contributed by atoms with E-state index in [-0.39, 0.29) is 24.5 Å². The summed E-state index contributed by atoms with van der Waals surface area (Å²) in [6.07, 6.45) is 0.562. The summed E-state index contributed by atoms with van der Waals surface area (Å²) in [6.45, 7) is 5.20. The van der Waals surface area contributed by atoms with Crippen LogP contribution in [0, 0.1) is 0 Å². The normalized spacial score (nSPS) is 22.4. The van der Waals surface area contributed by atoms with Crippen molar-refractivity contribution in [3.05, 3.63) is 0 Å². The summed E-state index contributed by atoms with van der Waals surface area (Å²) in [6, 6.07) is -0.856. The van der Waals surface area contributed by atoms with E-state index in [0.29, 0.717) is 6.29 Å². The first-order valence-corrected chi connectivity index (χ1v) is 4.58. The van der Waals surface area contributed by atoms with Crippen molar-refractivity contribution in [2.75, 3.05) is 6.54 Å². The second-order valence-electron chi connectivity index (χ2n) is 3.58. The highest BCUT2D eigenvalue weighted by molar-refractivity contribution is 6.05. The van der Waals surface area contributed by atoms with Gasteiger partial charge in [0, 0.05) is 6.04 Å². The van der Waals surface area contributed by atoms with Crippen molar-refractivity contribution in [2.45, 2.75) is 32.9 Å². The van der Waals surface area contributed by atoms with E-state index in [9.17, 15) is 14.4 Å². The summed E-state index contributed by atoms with van der Waals surface area (Å²) in [5, 5.41) is 0. The molecule has 0 radical (unpaired) electrons. The average molecular weight is 198 g/mol. The molecule has 1 saturated heterocycles. The molecule has 1 heterocycles. The largest absolute Gasteiger partial charge is 0.328 e. The van der Waals surface area contributed by atoms with Gasteiger partial charge in [0.05, 0.1) is 6.54 Å². The Labute approximate surface area is 82.7 Å². The van der Waals surface area contributed by atoms with Crippen molar-refractivity contribution >= 4 is 18.2 Å².